The van der Waals surface area contributed by atoms with Crippen molar-refractivity contribution in [1.82, 2.24) is 5.32 Å². The Hall–Kier alpha value is -3.34. The lowest BCUT2D eigenvalue weighted by molar-refractivity contribution is -0.125. The fourth-order valence-corrected chi connectivity index (χ4v) is 5.05. The molecule has 0 saturated carbocycles. The second-order valence-corrected chi connectivity index (χ2v) is 8.65. The summed E-state index contributed by atoms with van der Waals surface area (Å²) in [6.45, 7) is 3.07. The first kappa shape index (κ1) is 20.6. The van der Waals surface area contributed by atoms with E-state index in [0.717, 1.165) is 38.2 Å². The van der Waals surface area contributed by atoms with Gasteiger partial charge < -0.3 is 15.1 Å². The predicted octanol–water partition coefficient (Wildman–Crippen LogP) is 4.05. The van der Waals surface area contributed by atoms with Gasteiger partial charge in [0.2, 0.25) is 5.91 Å². The molecule has 0 spiro atoms. The van der Waals surface area contributed by atoms with Crippen LogP contribution >= 0.6 is 0 Å². The largest absolute Gasteiger partial charge is 0.368 e. The third-order valence-electron chi connectivity index (χ3n) is 6.71. The van der Waals surface area contributed by atoms with Gasteiger partial charge in [-0.2, -0.15) is 0 Å². The molecule has 2 heterocycles. The molecule has 1 saturated heterocycles. The molecule has 0 radical (unpaired) electrons. The van der Waals surface area contributed by atoms with Crippen LogP contribution in [-0.2, 0) is 17.6 Å². The monoisotopic (exact) mass is 429 g/mol. The van der Waals surface area contributed by atoms with Crippen LogP contribution < -0.4 is 15.1 Å². The highest BCUT2D eigenvalue weighted by molar-refractivity contribution is 5.82. The van der Waals surface area contributed by atoms with E-state index in [1.807, 2.05) is 30.3 Å². The average Bonchev–Trinajstić information content (AvgIpc) is 2.84. The first-order valence-electron chi connectivity index (χ1n) is 11.4. The van der Waals surface area contributed by atoms with E-state index in [1.54, 1.807) is 0 Å². The molecule has 2 aliphatic rings. The fourth-order valence-electron chi connectivity index (χ4n) is 5.05. The molecule has 0 aliphatic carbocycles. The number of hydrogen-bond acceptors (Lipinski definition) is 3. The van der Waals surface area contributed by atoms with E-state index in [-0.39, 0.29) is 23.7 Å². The minimum atomic E-state index is -0.227. The SMILES string of the molecule is O=C(NCCc1ccccc1)[C@H]1Cc2ccccc2N2CCN(c3ccc(F)cc3)C[C@@H]12. The number of nitrogens with zero attached hydrogens (tertiary/aromatic N) is 2. The van der Waals surface area contributed by atoms with Crippen LogP contribution in [0, 0.1) is 11.7 Å². The third-order valence-corrected chi connectivity index (χ3v) is 6.71. The molecule has 5 heteroatoms. The summed E-state index contributed by atoms with van der Waals surface area (Å²) in [5.74, 6) is -0.232. The minimum Gasteiger partial charge on any atom is -0.368 e. The normalized spacial score (nSPS) is 19.8. The fraction of sp³-hybridized carbons (Fsp3) is 0.296. The molecule has 1 N–H and O–H groups in total. The van der Waals surface area contributed by atoms with Crippen LogP contribution in [0.5, 0.6) is 0 Å². The van der Waals surface area contributed by atoms with Crippen molar-refractivity contribution in [3.63, 3.8) is 0 Å². The Morgan fingerprint density at radius 1 is 0.938 bits per heavy atom. The number of hydrogen-bond donors (Lipinski definition) is 1. The van der Waals surface area contributed by atoms with Gasteiger partial charge >= 0.3 is 0 Å². The number of rotatable bonds is 5. The van der Waals surface area contributed by atoms with Crippen LogP contribution in [0.15, 0.2) is 78.9 Å². The Morgan fingerprint density at radius 2 is 1.69 bits per heavy atom. The van der Waals surface area contributed by atoms with E-state index in [4.69, 9.17) is 0 Å². The smallest absolute Gasteiger partial charge is 0.225 e. The van der Waals surface area contributed by atoms with Gasteiger partial charge in [-0.05, 0) is 54.3 Å². The summed E-state index contributed by atoms with van der Waals surface area (Å²) < 4.78 is 13.4. The first-order valence-corrected chi connectivity index (χ1v) is 11.4. The maximum atomic E-state index is 13.4. The molecule has 2 atom stereocenters. The number of halogens is 1. The second kappa shape index (κ2) is 9.03. The molecule has 1 fully saturated rings. The number of fused-ring (bicyclic) bond motifs is 3. The van der Waals surface area contributed by atoms with Crippen LogP contribution in [0.1, 0.15) is 11.1 Å². The molecule has 2 aliphatic heterocycles. The zero-order valence-corrected chi connectivity index (χ0v) is 18.1. The van der Waals surface area contributed by atoms with Gasteiger partial charge in [0.05, 0.1) is 12.0 Å². The molecule has 0 aromatic heterocycles. The van der Waals surface area contributed by atoms with Gasteiger partial charge in [-0.15, -0.1) is 0 Å². The molecule has 0 unspecified atom stereocenters. The number of nitrogens with one attached hydrogen (secondary N) is 1. The number of carbonyl (C=O) groups is 1. The predicted molar refractivity (Wildman–Crippen MR) is 127 cm³/mol. The topological polar surface area (TPSA) is 35.6 Å². The van der Waals surface area contributed by atoms with Crippen LogP contribution in [0.4, 0.5) is 15.8 Å². The number of amides is 1. The van der Waals surface area contributed by atoms with Gasteiger partial charge in [0, 0.05) is 37.6 Å². The van der Waals surface area contributed by atoms with Crippen molar-refractivity contribution in [2.45, 2.75) is 18.9 Å². The maximum absolute atomic E-state index is 13.4. The summed E-state index contributed by atoms with van der Waals surface area (Å²) in [5, 5.41) is 3.19. The lowest BCUT2D eigenvalue weighted by Crippen LogP contribution is -2.61. The maximum Gasteiger partial charge on any atom is 0.225 e. The van der Waals surface area contributed by atoms with Gasteiger partial charge in [0.25, 0.3) is 0 Å². The van der Waals surface area contributed by atoms with Crippen molar-refractivity contribution in [2.24, 2.45) is 5.92 Å². The van der Waals surface area contributed by atoms with Crippen molar-refractivity contribution >= 4 is 17.3 Å². The number of anilines is 2. The zero-order chi connectivity index (χ0) is 21.9. The standard InChI is InChI=1S/C27H28FN3O/c28-22-10-12-23(13-11-22)30-16-17-31-25-9-5-4-8-21(25)18-24(26(31)19-30)27(32)29-15-14-20-6-2-1-3-7-20/h1-13,24,26H,14-19H2,(H,29,32)/t24-,26-/m0/s1. The van der Waals surface area contributed by atoms with Crippen molar-refractivity contribution in [2.75, 3.05) is 36.0 Å². The molecule has 1 amide bonds. The van der Waals surface area contributed by atoms with Crippen LogP contribution in [-0.4, -0.2) is 38.1 Å². The van der Waals surface area contributed by atoms with E-state index in [0.29, 0.717) is 6.54 Å². The van der Waals surface area contributed by atoms with Gasteiger partial charge in [0.1, 0.15) is 5.82 Å². The molecule has 32 heavy (non-hydrogen) atoms. The van der Waals surface area contributed by atoms with Crippen molar-refractivity contribution in [3.8, 4) is 0 Å². The van der Waals surface area contributed by atoms with Gasteiger partial charge in [0.15, 0.2) is 0 Å². The highest BCUT2D eigenvalue weighted by atomic mass is 19.1. The van der Waals surface area contributed by atoms with E-state index in [2.05, 4.69) is 51.5 Å². The molecule has 5 rings (SSSR count). The second-order valence-electron chi connectivity index (χ2n) is 8.65. The Morgan fingerprint density at radius 3 is 2.50 bits per heavy atom. The van der Waals surface area contributed by atoms with Crippen LogP contribution in [0.2, 0.25) is 0 Å². The average molecular weight is 430 g/mol. The van der Waals surface area contributed by atoms with Gasteiger partial charge in [-0.3, -0.25) is 4.79 Å². The Balaban J connectivity index is 1.34. The van der Waals surface area contributed by atoms with Gasteiger partial charge in [-0.1, -0.05) is 48.5 Å². The van der Waals surface area contributed by atoms with E-state index in [1.165, 1.54) is 28.9 Å². The van der Waals surface area contributed by atoms with Gasteiger partial charge in [-0.25, -0.2) is 4.39 Å². The number of para-hydroxylation sites is 1. The number of piperazine rings is 1. The summed E-state index contributed by atoms with van der Waals surface area (Å²) in [7, 11) is 0. The molecular weight excluding hydrogens is 401 g/mol. The zero-order valence-electron chi connectivity index (χ0n) is 18.1. The molecule has 164 valence electrons. The Bertz CT molecular complexity index is 1070. The first-order chi connectivity index (χ1) is 15.7. The number of carbonyl (C=O) groups excluding carboxylic acids is 1. The summed E-state index contributed by atoms with van der Waals surface area (Å²) in [5.41, 5.74) is 4.71. The lowest BCUT2D eigenvalue weighted by atomic mass is 9.83. The minimum absolute atomic E-state index is 0.0837. The summed E-state index contributed by atoms with van der Waals surface area (Å²) in [6, 6.07) is 25.4. The lowest BCUT2D eigenvalue weighted by Gasteiger charge is -2.49. The highest BCUT2D eigenvalue weighted by Gasteiger charge is 2.41. The van der Waals surface area contributed by atoms with Crippen LogP contribution in [0.25, 0.3) is 0 Å². The van der Waals surface area contributed by atoms with Crippen molar-refractivity contribution in [3.05, 3.63) is 95.8 Å². The highest BCUT2D eigenvalue weighted by Crippen LogP contribution is 2.36. The number of benzene rings is 3. The summed E-state index contributed by atoms with van der Waals surface area (Å²) in [6.07, 6.45) is 1.57. The Kier molecular flexibility index (Phi) is 5.80. The van der Waals surface area contributed by atoms with Crippen LogP contribution in [0.3, 0.4) is 0 Å². The Labute approximate surface area is 188 Å². The third kappa shape index (κ3) is 4.20. The van der Waals surface area contributed by atoms with E-state index >= 15 is 0 Å². The quantitative estimate of drug-likeness (QED) is 0.665. The van der Waals surface area contributed by atoms with Crippen molar-refractivity contribution in [1.29, 1.82) is 0 Å². The van der Waals surface area contributed by atoms with Crippen molar-refractivity contribution < 1.29 is 9.18 Å². The summed E-state index contributed by atoms with van der Waals surface area (Å²) in [4.78, 5) is 18.0. The molecule has 3 aromatic rings. The summed E-state index contributed by atoms with van der Waals surface area (Å²) >= 11 is 0. The molecular formula is C27H28FN3O. The van der Waals surface area contributed by atoms with E-state index < -0.39 is 0 Å². The molecule has 0 bridgehead atoms. The van der Waals surface area contributed by atoms with E-state index in [9.17, 15) is 9.18 Å². The molecule has 3 aromatic carbocycles. The molecule has 4 nitrogen and oxygen atoms in total.